The van der Waals surface area contributed by atoms with Gasteiger partial charge in [0.1, 0.15) is 6.61 Å². The average molecular weight is 338 g/mol. The van der Waals surface area contributed by atoms with Crippen molar-refractivity contribution in [3.05, 3.63) is 59.7 Å². The monoisotopic (exact) mass is 338 g/mol. The summed E-state index contributed by atoms with van der Waals surface area (Å²) in [6.45, 7) is 3.11. The smallest absolute Gasteiger partial charge is 0.258 e. The summed E-state index contributed by atoms with van der Waals surface area (Å²) in [7, 11) is 0. The van der Waals surface area contributed by atoms with Crippen molar-refractivity contribution in [3.63, 3.8) is 0 Å². The molecule has 25 heavy (non-hydrogen) atoms. The molecule has 130 valence electrons. The van der Waals surface area contributed by atoms with E-state index in [-0.39, 0.29) is 18.4 Å². The van der Waals surface area contributed by atoms with E-state index in [9.17, 15) is 9.59 Å². The number of ether oxygens (including phenoxy) is 1. The predicted octanol–water partition coefficient (Wildman–Crippen LogP) is 3.25. The van der Waals surface area contributed by atoms with Crippen molar-refractivity contribution < 1.29 is 14.3 Å². The van der Waals surface area contributed by atoms with Gasteiger partial charge >= 0.3 is 0 Å². The molecule has 5 heteroatoms. The van der Waals surface area contributed by atoms with E-state index in [4.69, 9.17) is 4.74 Å². The molecule has 1 aliphatic rings. The highest BCUT2D eigenvalue weighted by Crippen LogP contribution is 2.30. The Kier molecular flexibility index (Phi) is 5.46. The maximum absolute atomic E-state index is 12.8. The molecular weight excluding hydrogens is 316 g/mol. The molecule has 1 N–H and O–H groups in total. The van der Waals surface area contributed by atoms with Crippen molar-refractivity contribution in [1.82, 2.24) is 0 Å². The lowest BCUT2D eigenvalue weighted by atomic mass is 10.00. The van der Waals surface area contributed by atoms with E-state index in [0.29, 0.717) is 18.7 Å². The maximum Gasteiger partial charge on any atom is 0.258 e. The summed E-state index contributed by atoms with van der Waals surface area (Å²) in [5.74, 6) is -0.162. The number of hydrogen-bond acceptors (Lipinski definition) is 3. The number of rotatable bonds is 5. The van der Waals surface area contributed by atoms with Crippen LogP contribution in [0.5, 0.6) is 0 Å². The molecule has 2 aromatic rings. The standard InChI is InChI=1S/C20H22N2O3/c1-2-25-14-19(23)21-17-10-11-18-16(13-17)9-6-12-22(18)20(24)15-7-4-3-5-8-15/h3-5,7-8,10-11,13H,2,6,9,12,14H2,1H3,(H,21,23). The molecule has 0 fully saturated rings. The van der Waals surface area contributed by atoms with Crippen LogP contribution in [-0.4, -0.2) is 31.6 Å². The lowest BCUT2D eigenvalue weighted by molar-refractivity contribution is -0.120. The molecule has 0 saturated heterocycles. The van der Waals surface area contributed by atoms with Gasteiger partial charge in [0.15, 0.2) is 0 Å². The van der Waals surface area contributed by atoms with Gasteiger partial charge in [0.2, 0.25) is 5.91 Å². The Morgan fingerprint density at radius 1 is 1.16 bits per heavy atom. The molecule has 1 heterocycles. The van der Waals surface area contributed by atoms with Crippen LogP contribution < -0.4 is 10.2 Å². The average Bonchev–Trinajstić information content (AvgIpc) is 2.66. The number of carbonyl (C=O) groups excluding carboxylic acids is 2. The number of anilines is 2. The van der Waals surface area contributed by atoms with Gasteiger partial charge in [-0.1, -0.05) is 18.2 Å². The number of nitrogens with one attached hydrogen (secondary N) is 1. The first kappa shape index (κ1) is 17.2. The zero-order valence-corrected chi connectivity index (χ0v) is 14.3. The number of benzene rings is 2. The minimum absolute atomic E-state index is 0.00896. The number of amides is 2. The highest BCUT2D eigenvalue weighted by Gasteiger charge is 2.23. The third-order valence-corrected chi connectivity index (χ3v) is 4.19. The fraction of sp³-hybridized carbons (Fsp3) is 0.300. The van der Waals surface area contributed by atoms with E-state index in [1.165, 1.54) is 0 Å². The number of aryl methyl sites for hydroxylation is 1. The van der Waals surface area contributed by atoms with Crippen molar-refractivity contribution in [2.75, 3.05) is 30.0 Å². The Morgan fingerprint density at radius 3 is 2.72 bits per heavy atom. The fourth-order valence-corrected chi connectivity index (χ4v) is 3.01. The van der Waals surface area contributed by atoms with Crippen LogP contribution in [0, 0.1) is 0 Å². The second kappa shape index (κ2) is 7.94. The molecule has 2 amide bonds. The van der Waals surface area contributed by atoms with E-state index in [1.807, 2.05) is 60.4 Å². The van der Waals surface area contributed by atoms with Crippen LogP contribution in [0.1, 0.15) is 29.3 Å². The van der Waals surface area contributed by atoms with Crippen molar-refractivity contribution in [2.24, 2.45) is 0 Å². The molecule has 5 nitrogen and oxygen atoms in total. The molecule has 0 atom stereocenters. The van der Waals surface area contributed by atoms with Gasteiger partial charge in [-0.2, -0.15) is 0 Å². The summed E-state index contributed by atoms with van der Waals surface area (Å²) >= 11 is 0. The highest BCUT2D eigenvalue weighted by atomic mass is 16.5. The zero-order valence-electron chi connectivity index (χ0n) is 14.3. The number of nitrogens with zero attached hydrogens (tertiary/aromatic N) is 1. The summed E-state index contributed by atoms with van der Waals surface area (Å²) in [6, 6.07) is 15.0. The highest BCUT2D eigenvalue weighted by molar-refractivity contribution is 6.07. The van der Waals surface area contributed by atoms with Crippen LogP contribution in [-0.2, 0) is 16.0 Å². The minimum atomic E-state index is -0.171. The third-order valence-electron chi connectivity index (χ3n) is 4.19. The van der Waals surface area contributed by atoms with E-state index in [0.717, 1.165) is 29.8 Å². The molecule has 0 radical (unpaired) electrons. The van der Waals surface area contributed by atoms with Crippen molar-refractivity contribution >= 4 is 23.2 Å². The topological polar surface area (TPSA) is 58.6 Å². The van der Waals surface area contributed by atoms with Gasteiger partial charge in [0.25, 0.3) is 5.91 Å². The van der Waals surface area contributed by atoms with Crippen LogP contribution in [0.15, 0.2) is 48.5 Å². The van der Waals surface area contributed by atoms with Crippen LogP contribution in [0.25, 0.3) is 0 Å². The normalized spacial score (nSPS) is 13.2. The van der Waals surface area contributed by atoms with Gasteiger partial charge in [-0.05, 0) is 55.7 Å². The Labute approximate surface area is 147 Å². The van der Waals surface area contributed by atoms with Crippen molar-refractivity contribution in [1.29, 1.82) is 0 Å². The fourth-order valence-electron chi connectivity index (χ4n) is 3.01. The van der Waals surface area contributed by atoms with Gasteiger partial charge in [0, 0.05) is 30.1 Å². The lowest BCUT2D eigenvalue weighted by Crippen LogP contribution is -2.35. The van der Waals surface area contributed by atoms with Gasteiger partial charge in [-0.15, -0.1) is 0 Å². The van der Waals surface area contributed by atoms with Gasteiger partial charge in [-0.3, -0.25) is 9.59 Å². The quantitative estimate of drug-likeness (QED) is 0.910. The first-order valence-corrected chi connectivity index (χ1v) is 8.56. The largest absolute Gasteiger partial charge is 0.372 e. The molecule has 2 aromatic carbocycles. The molecular formula is C20H22N2O3. The van der Waals surface area contributed by atoms with Crippen LogP contribution >= 0.6 is 0 Å². The van der Waals surface area contributed by atoms with Gasteiger partial charge < -0.3 is 15.0 Å². The van der Waals surface area contributed by atoms with Crippen molar-refractivity contribution in [2.45, 2.75) is 19.8 Å². The van der Waals surface area contributed by atoms with E-state index < -0.39 is 0 Å². The molecule has 0 aliphatic carbocycles. The molecule has 0 spiro atoms. The second-order valence-corrected chi connectivity index (χ2v) is 5.96. The number of carbonyl (C=O) groups is 2. The molecule has 0 aromatic heterocycles. The summed E-state index contributed by atoms with van der Waals surface area (Å²) in [6.07, 6.45) is 1.80. The lowest BCUT2D eigenvalue weighted by Gasteiger charge is -2.30. The number of fused-ring (bicyclic) bond motifs is 1. The van der Waals surface area contributed by atoms with Crippen LogP contribution in [0.2, 0.25) is 0 Å². The molecule has 0 saturated carbocycles. The SMILES string of the molecule is CCOCC(=O)Nc1ccc2c(c1)CCCN2C(=O)c1ccccc1. The maximum atomic E-state index is 12.8. The molecule has 3 rings (SSSR count). The summed E-state index contributed by atoms with van der Waals surface area (Å²) < 4.78 is 5.11. The van der Waals surface area contributed by atoms with E-state index in [2.05, 4.69) is 5.32 Å². The third kappa shape index (κ3) is 4.06. The van der Waals surface area contributed by atoms with Crippen molar-refractivity contribution in [3.8, 4) is 0 Å². The zero-order chi connectivity index (χ0) is 17.6. The Morgan fingerprint density at radius 2 is 1.96 bits per heavy atom. The van der Waals surface area contributed by atoms with Crippen LogP contribution in [0.3, 0.4) is 0 Å². The minimum Gasteiger partial charge on any atom is -0.372 e. The Hall–Kier alpha value is -2.66. The summed E-state index contributed by atoms with van der Waals surface area (Å²) in [5, 5.41) is 2.84. The van der Waals surface area contributed by atoms with E-state index >= 15 is 0 Å². The van der Waals surface area contributed by atoms with Crippen LogP contribution in [0.4, 0.5) is 11.4 Å². The van der Waals surface area contributed by atoms with Gasteiger partial charge in [0.05, 0.1) is 0 Å². The Bertz CT molecular complexity index is 759. The summed E-state index contributed by atoms with van der Waals surface area (Å²) in [5.41, 5.74) is 3.41. The molecule has 0 unspecified atom stereocenters. The van der Waals surface area contributed by atoms with E-state index in [1.54, 1.807) is 0 Å². The first-order chi connectivity index (χ1) is 12.2. The predicted molar refractivity (Wildman–Crippen MR) is 98.0 cm³/mol. The second-order valence-electron chi connectivity index (χ2n) is 5.96. The first-order valence-electron chi connectivity index (χ1n) is 8.56. The molecule has 0 bridgehead atoms. The Balaban J connectivity index is 1.78. The molecule has 1 aliphatic heterocycles. The van der Waals surface area contributed by atoms with Gasteiger partial charge in [-0.25, -0.2) is 0 Å². The summed E-state index contributed by atoms with van der Waals surface area (Å²) in [4.78, 5) is 26.4. The number of hydrogen-bond donors (Lipinski definition) is 1.